The van der Waals surface area contributed by atoms with Crippen molar-refractivity contribution in [2.45, 2.75) is 18.1 Å². The number of hydrogen-bond donors (Lipinski definition) is 2. The Labute approximate surface area is 166 Å². The molecule has 2 fully saturated rings. The number of likely N-dealkylation sites (N-methyl/N-ethyl adjacent to an activating group) is 1. The first-order valence-electron chi connectivity index (χ1n) is 9.24. The Kier molecular flexibility index (Phi) is 3.57. The van der Waals surface area contributed by atoms with Gasteiger partial charge < -0.3 is 15.1 Å². The van der Waals surface area contributed by atoms with E-state index in [4.69, 9.17) is 0 Å². The van der Waals surface area contributed by atoms with E-state index in [-0.39, 0.29) is 23.6 Å². The second-order valence-corrected chi connectivity index (χ2v) is 7.47. The monoisotopic (exact) mass is 387 g/mol. The highest BCUT2D eigenvalue weighted by atomic mass is 16.4. The zero-order chi connectivity index (χ0) is 20.3. The lowest BCUT2D eigenvalue weighted by atomic mass is 9.98. The summed E-state index contributed by atoms with van der Waals surface area (Å²) in [6.07, 6.45) is 2.52. The van der Waals surface area contributed by atoms with Crippen molar-refractivity contribution < 1.29 is 19.8 Å². The molecular formula is C22H17N3O4. The average Bonchev–Trinajstić information content (AvgIpc) is 3.40. The maximum absolute atomic E-state index is 12.3. The van der Waals surface area contributed by atoms with E-state index in [2.05, 4.69) is 16.8 Å². The summed E-state index contributed by atoms with van der Waals surface area (Å²) >= 11 is 0. The van der Waals surface area contributed by atoms with Gasteiger partial charge in [0, 0.05) is 36.3 Å². The molecule has 1 aliphatic heterocycles. The zero-order valence-electron chi connectivity index (χ0n) is 15.5. The fourth-order valence-corrected chi connectivity index (χ4v) is 4.09. The van der Waals surface area contributed by atoms with E-state index in [1.54, 1.807) is 58.9 Å². The van der Waals surface area contributed by atoms with Crippen molar-refractivity contribution in [2.24, 2.45) is 5.92 Å². The number of carboxylic acid groups (broad SMARTS) is 1. The van der Waals surface area contributed by atoms with Crippen LogP contribution in [0.15, 0.2) is 48.7 Å². The number of hydrogen-bond acceptors (Lipinski definition) is 4. The molecule has 1 saturated heterocycles. The number of aliphatic hydroxyl groups is 1. The molecule has 1 aromatic carbocycles. The van der Waals surface area contributed by atoms with Crippen LogP contribution < -0.4 is 0 Å². The van der Waals surface area contributed by atoms with Gasteiger partial charge in [-0.15, -0.1) is 0 Å². The summed E-state index contributed by atoms with van der Waals surface area (Å²) in [4.78, 5) is 29.7. The number of imidazole rings is 1. The Morgan fingerprint density at radius 2 is 2.10 bits per heavy atom. The second kappa shape index (κ2) is 5.93. The van der Waals surface area contributed by atoms with Gasteiger partial charge in [0.15, 0.2) is 5.69 Å². The van der Waals surface area contributed by atoms with Crippen LogP contribution in [0.2, 0.25) is 0 Å². The maximum Gasteiger partial charge on any atom is 0.356 e. The Bertz CT molecular complexity index is 1250. The summed E-state index contributed by atoms with van der Waals surface area (Å²) in [7, 11) is 1.69. The first-order valence-corrected chi connectivity index (χ1v) is 9.24. The predicted octanol–water partition coefficient (Wildman–Crippen LogP) is 1.64. The summed E-state index contributed by atoms with van der Waals surface area (Å²) in [6, 6.07) is 12.5. The average molecular weight is 387 g/mol. The maximum atomic E-state index is 12.3. The van der Waals surface area contributed by atoms with Gasteiger partial charge in [0.05, 0.1) is 5.52 Å². The standard InChI is InChI=1S/C22H17N3O4/c1-24-17-12-15(17)22(29,21(24)28)9-8-13-5-4-6-14(11-13)19-23-18(20(26)27)16-7-2-3-10-25(16)19/h2-7,10-11,15,17,29H,12H2,1H3,(H,26,27). The van der Waals surface area contributed by atoms with Crippen molar-refractivity contribution in [2.75, 3.05) is 7.05 Å². The van der Waals surface area contributed by atoms with Gasteiger partial charge in [0.25, 0.3) is 5.91 Å². The van der Waals surface area contributed by atoms with Crippen LogP contribution in [0.4, 0.5) is 0 Å². The van der Waals surface area contributed by atoms with Gasteiger partial charge in [-0.3, -0.25) is 9.20 Å². The van der Waals surface area contributed by atoms with E-state index in [0.29, 0.717) is 22.5 Å². The summed E-state index contributed by atoms with van der Waals surface area (Å²) in [6.45, 7) is 0. The van der Waals surface area contributed by atoms with Gasteiger partial charge in [-0.25, -0.2) is 9.78 Å². The molecule has 0 bridgehead atoms. The van der Waals surface area contributed by atoms with Gasteiger partial charge in [0.1, 0.15) is 5.82 Å². The third-order valence-electron chi connectivity index (χ3n) is 5.71. The van der Waals surface area contributed by atoms with E-state index in [0.717, 1.165) is 6.42 Å². The van der Waals surface area contributed by atoms with Crippen LogP contribution in [0.5, 0.6) is 0 Å². The van der Waals surface area contributed by atoms with Crippen LogP contribution in [-0.2, 0) is 4.79 Å². The predicted molar refractivity (Wildman–Crippen MR) is 104 cm³/mol. The highest BCUT2D eigenvalue weighted by Crippen LogP contribution is 2.50. The van der Waals surface area contributed by atoms with Crippen LogP contribution in [0, 0.1) is 17.8 Å². The normalized spacial score (nSPS) is 24.9. The molecule has 3 unspecified atom stereocenters. The molecule has 3 aromatic rings. The molecule has 3 heterocycles. The van der Waals surface area contributed by atoms with E-state index in [1.807, 2.05) is 6.07 Å². The number of nitrogens with zero attached hydrogens (tertiary/aromatic N) is 3. The van der Waals surface area contributed by atoms with Gasteiger partial charge in [-0.1, -0.05) is 30.0 Å². The van der Waals surface area contributed by atoms with Crippen LogP contribution in [0.3, 0.4) is 0 Å². The number of carbonyl (C=O) groups is 2. The SMILES string of the molecule is CN1C(=O)C(O)(C#Cc2cccc(-c3nc(C(=O)O)c4ccccn34)c2)C2CC21. The summed E-state index contributed by atoms with van der Waals surface area (Å²) < 4.78 is 1.72. The molecule has 1 aliphatic carbocycles. The molecule has 29 heavy (non-hydrogen) atoms. The number of carbonyl (C=O) groups excluding carboxylic acids is 1. The fraction of sp³-hybridized carbons (Fsp3) is 0.227. The Morgan fingerprint density at radius 3 is 2.83 bits per heavy atom. The van der Waals surface area contributed by atoms with Crippen molar-refractivity contribution in [1.82, 2.24) is 14.3 Å². The first-order chi connectivity index (χ1) is 13.9. The molecular weight excluding hydrogens is 370 g/mol. The van der Waals surface area contributed by atoms with Gasteiger partial charge in [-0.2, -0.15) is 0 Å². The number of aromatic carboxylic acids is 1. The third-order valence-corrected chi connectivity index (χ3v) is 5.71. The van der Waals surface area contributed by atoms with Crippen LogP contribution >= 0.6 is 0 Å². The molecule has 0 spiro atoms. The van der Waals surface area contributed by atoms with E-state index in [1.165, 1.54) is 0 Å². The summed E-state index contributed by atoms with van der Waals surface area (Å²) in [5, 5.41) is 20.2. The van der Waals surface area contributed by atoms with E-state index < -0.39 is 11.6 Å². The largest absolute Gasteiger partial charge is 0.476 e. The molecule has 7 nitrogen and oxygen atoms in total. The van der Waals surface area contributed by atoms with Gasteiger partial charge in [0.2, 0.25) is 5.60 Å². The van der Waals surface area contributed by atoms with E-state index in [9.17, 15) is 19.8 Å². The smallest absolute Gasteiger partial charge is 0.356 e. The number of rotatable bonds is 2. The fourth-order valence-electron chi connectivity index (χ4n) is 4.09. The highest BCUT2D eigenvalue weighted by Gasteiger charge is 2.66. The lowest BCUT2D eigenvalue weighted by Gasteiger charge is -2.18. The second-order valence-electron chi connectivity index (χ2n) is 7.47. The number of benzene rings is 1. The molecule has 1 amide bonds. The molecule has 5 rings (SSSR count). The third kappa shape index (κ3) is 2.53. The Balaban J connectivity index is 1.55. The molecule has 0 radical (unpaired) electrons. The van der Waals surface area contributed by atoms with Crippen LogP contribution in [0.25, 0.3) is 16.9 Å². The summed E-state index contributed by atoms with van der Waals surface area (Å²) in [5.74, 6) is 4.60. The van der Waals surface area contributed by atoms with Crippen molar-refractivity contribution in [3.8, 4) is 23.2 Å². The number of amides is 1. The lowest BCUT2D eigenvalue weighted by molar-refractivity contribution is -0.140. The molecule has 1 saturated carbocycles. The first kappa shape index (κ1) is 17.5. The van der Waals surface area contributed by atoms with Crippen molar-refractivity contribution in [1.29, 1.82) is 0 Å². The number of likely N-dealkylation sites (tertiary alicyclic amines) is 1. The number of pyridine rings is 1. The quantitative estimate of drug-likeness (QED) is 0.652. The number of carboxylic acids is 1. The zero-order valence-corrected chi connectivity index (χ0v) is 15.5. The topological polar surface area (TPSA) is 95.1 Å². The minimum absolute atomic E-state index is 0.0224. The molecule has 3 atom stereocenters. The van der Waals surface area contributed by atoms with Gasteiger partial charge in [-0.05, 0) is 30.7 Å². The molecule has 2 aromatic heterocycles. The van der Waals surface area contributed by atoms with Crippen molar-refractivity contribution >= 4 is 17.4 Å². The highest BCUT2D eigenvalue weighted by molar-refractivity contribution is 5.95. The van der Waals surface area contributed by atoms with Crippen molar-refractivity contribution in [3.63, 3.8) is 0 Å². The van der Waals surface area contributed by atoms with Crippen molar-refractivity contribution in [3.05, 3.63) is 59.9 Å². The number of fused-ring (bicyclic) bond motifs is 2. The van der Waals surface area contributed by atoms with E-state index >= 15 is 0 Å². The molecule has 144 valence electrons. The van der Waals surface area contributed by atoms with Crippen LogP contribution in [0.1, 0.15) is 22.5 Å². The number of aromatic nitrogens is 2. The lowest BCUT2D eigenvalue weighted by Crippen LogP contribution is -2.41. The summed E-state index contributed by atoms with van der Waals surface area (Å²) in [5.41, 5.74) is 0.147. The number of piperidine rings is 1. The Hall–Kier alpha value is -3.63. The molecule has 2 N–H and O–H groups in total. The minimum atomic E-state index is -1.63. The van der Waals surface area contributed by atoms with Crippen LogP contribution in [-0.4, -0.2) is 55.1 Å². The van der Waals surface area contributed by atoms with Gasteiger partial charge >= 0.3 is 5.97 Å². The Morgan fingerprint density at radius 1 is 1.28 bits per heavy atom. The minimum Gasteiger partial charge on any atom is -0.476 e. The molecule has 7 heteroatoms. The molecule has 2 aliphatic rings.